The molecule has 0 spiro atoms. The van der Waals surface area contributed by atoms with Gasteiger partial charge < -0.3 is 0 Å². The highest BCUT2D eigenvalue weighted by Gasteiger charge is 2.30. The number of benzene rings is 1. The lowest BCUT2D eigenvalue weighted by Gasteiger charge is -2.12. The Balaban J connectivity index is 3.19. The third kappa shape index (κ3) is 2.87. The van der Waals surface area contributed by atoms with Gasteiger partial charge in [-0.1, -0.05) is 53.9 Å². The van der Waals surface area contributed by atoms with Gasteiger partial charge >= 0.3 is 0 Å². The number of alkyl halides is 3. The van der Waals surface area contributed by atoms with E-state index in [9.17, 15) is 9.18 Å². The number of Topliss-reactive ketones (excluding diaryl/α,β-unsaturated/α-hetero) is 1. The molecule has 76 valence electrons. The largest absolute Gasteiger partial charge is 0.291 e. The fourth-order valence-electron chi connectivity index (χ4n) is 0.992. The normalized spacial score (nSPS) is 11.5. The molecule has 1 aromatic carbocycles. The third-order valence-electron chi connectivity index (χ3n) is 1.70. The monoisotopic (exact) mass is 386 g/mol. The summed E-state index contributed by atoms with van der Waals surface area (Å²) < 4.78 is 11.9. The molecule has 0 heterocycles. The maximum absolute atomic E-state index is 12.9. The molecule has 0 saturated heterocycles. The maximum Gasteiger partial charge on any atom is 0.201 e. The molecular weight excluding hydrogens is 383 g/mol. The van der Waals surface area contributed by atoms with Gasteiger partial charge in [-0.2, -0.15) is 0 Å². The van der Waals surface area contributed by atoms with Crippen molar-refractivity contribution in [2.24, 2.45) is 0 Å². The van der Waals surface area contributed by atoms with Crippen LogP contribution >= 0.6 is 47.8 Å². The fourth-order valence-corrected chi connectivity index (χ4v) is 1.63. The molecule has 14 heavy (non-hydrogen) atoms. The highest BCUT2D eigenvalue weighted by molar-refractivity contribution is 9.40. The van der Waals surface area contributed by atoms with Crippen LogP contribution in [0.25, 0.3) is 0 Å². The molecule has 0 N–H and O–H groups in total. The number of rotatable bonds is 1. The van der Waals surface area contributed by atoms with Crippen LogP contribution < -0.4 is 0 Å². The van der Waals surface area contributed by atoms with Crippen LogP contribution in [0.2, 0.25) is 0 Å². The summed E-state index contributed by atoms with van der Waals surface area (Å²) in [6, 6.07) is 4.11. The van der Waals surface area contributed by atoms with Crippen molar-refractivity contribution >= 4 is 53.6 Å². The van der Waals surface area contributed by atoms with Crippen LogP contribution in [-0.2, 0) is 0 Å². The van der Waals surface area contributed by atoms with Crippen LogP contribution in [0.5, 0.6) is 0 Å². The second-order valence-corrected chi connectivity index (χ2v) is 9.55. The minimum Gasteiger partial charge on any atom is -0.291 e. The van der Waals surface area contributed by atoms with Crippen LogP contribution in [-0.4, -0.2) is 7.93 Å². The van der Waals surface area contributed by atoms with E-state index in [-0.39, 0.29) is 5.78 Å². The standard InChI is InChI=1S/C9H6Br3FO/c1-5-2-3-6(13)4-7(5)8(14)9(10,11)12/h2-4H,1H3. The molecule has 0 atom stereocenters. The molecule has 0 aliphatic heterocycles. The summed E-state index contributed by atoms with van der Waals surface area (Å²) >= 11 is 9.30. The van der Waals surface area contributed by atoms with Crippen molar-refractivity contribution in [1.82, 2.24) is 0 Å². The van der Waals surface area contributed by atoms with Gasteiger partial charge in [0.25, 0.3) is 0 Å². The van der Waals surface area contributed by atoms with Crippen molar-refractivity contribution < 1.29 is 9.18 Å². The summed E-state index contributed by atoms with van der Waals surface area (Å²) in [6.45, 7) is 1.76. The summed E-state index contributed by atoms with van der Waals surface area (Å²) in [6.07, 6.45) is 0. The van der Waals surface area contributed by atoms with E-state index in [0.29, 0.717) is 5.56 Å². The van der Waals surface area contributed by atoms with Crippen molar-refractivity contribution in [1.29, 1.82) is 0 Å². The van der Waals surface area contributed by atoms with Gasteiger partial charge in [0.1, 0.15) is 5.82 Å². The Labute approximate surface area is 106 Å². The Hall–Kier alpha value is 0.260. The van der Waals surface area contributed by atoms with Gasteiger partial charge in [0.2, 0.25) is 5.78 Å². The molecule has 0 radical (unpaired) electrons. The van der Waals surface area contributed by atoms with Crippen LogP contribution in [0.1, 0.15) is 15.9 Å². The first kappa shape index (κ1) is 12.3. The summed E-state index contributed by atoms with van der Waals surface area (Å²) in [5.74, 6) is -0.690. The van der Waals surface area contributed by atoms with Crippen molar-refractivity contribution in [3.05, 3.63) is 35.1 Å². The number of hydrogen-bond acceptors (Lipinski definition) is 1. The summed E-state index contributed by atoms with van der Waals surface area (Å²) in [7, 11) is 0. The summed E-state index contributed by atoms with van der Waals surface area (Å²) in [4.78, 5) is 11.7. The van der Waals surface area contributed by atoms with Crippen molar-refractivity contribution in [2.45, 2.75) is 9.07 Å². The topological polar surface area (TPSA) is 17.1 Å². The lowest BCUT2D eigenvalue weighted by atomic mass is 10.1. The number of carbonyl (C=O) groups is 1. The predicted molar refractivity (Wildman–Crippen MR) is 65.0 cm³/mol. The van der Waals surface area contributed by atoms with Crippen LogP contribution in [0.15, 0.2) is 18.2 Å². The first-order chi connectivity index (χ1) is 6.32. The second kappa shape index (κ2) is 4.41. The first-order valence-electron chi connectivity index (χ1n) is 3.70. The van der Waals surface area contributed by atoms with Crippen molar-refractivity contribution in [2.75, 3.05) is 0 Å². The highest BCUT2D eigenvalue weighted by atomic mass is 80.0. The Morgan fingerprint density at radius 1 is 1.36 bits per heavy atom. The van der Waals surface area contributed by atoms with Crippen LogP contribution in [0.3, 0.4) is 0 Å². The Bertz CT molecular complexity index is 371. The minimum absolute atomic E-state index is 0.269. The van der Waals surface area contributed by atoms with E-state index < -0.39 is 7.96 Å². The predicted octanol–water partition coefficient (Wildman–Crippen LogP) is 4.16. The molecular formula is C9H6Br3FO. The molecule has 0 unspecified atom stereocenters. The van der Waals surface area contributed by atoms with Crippen LogP contribution in [0.4, 0.5) is 4.39 Å². The van der Waals surface area contributed by atoms with Crippen LogP contribution in [0, 0.1) is 12.7 Å². The number of halogens is 4. The first-order valence-corrected chi connectivity index (χ1v) is 6.08. The SMILES string of the molecule is Cc1ccc(F)cc1C(=O)C(Br)(Br)Br. The molecule has 5 heteroatoms. The number of carbonyl (C=O) groups excluding carboxylic acids is 1. The van der Waals surface area contributed by atoms with Gasteiger partial charge in [-0.3, -0.25) is 4.79 Å². The molecule has 0 amide bonds. The van der Waals surface area contributed by atoms with Gasteiger partial charge in [-0.05, 0) is 24.6 Å². The smallest absolute Gasteiger partial charge is 0.201 e. The molecule has 1 rings (SSSR count). The Morgan fingerprint density at radius 3 is 2.43 bits per heavy atom. The van der Waals surface area contributed by atoms with Gasteiger partial charge in [-0.15, -0.1) is 0 Å². The lowest BCUT2D eigenvalue weighted by Crippen LogP contribution is -2.18. The van der Waals surface area contributed by atoms with Gasteiger partial charge in [-0.25, -0.2) is 4.39 Å². The van der Waals surface area contributed by atoms with Crippen molar-refractivity contribution in [3.63, 3.8) is 0 Å². The Morgan fingerprint density at radius 2 is 1.93 bits per heavy atom. The number of ketones is 1. The quantitative estimate of drug-likeness (QED) is 0.521. The van der Waals surface area contributed by atoms with E-state index >= 15 is 0 Å². The summed E-state index contributed by atoms with van der Waals surface area (Å²) in [5, 5.41) is 0. The van der Waals surface area contributed by atoms with E-state index in [1.165, 1.54) is 12.1 Å². The minimum atomic E-state index is -1.02. The zero-order valence-corrected chi connectivity index (χ0v) is 11.9. The maximum atomic E-state index is 12.9. The number of aryl methyl sites for hydroxylation is 1. The molecule has 1 nitrogen and oxygen atoms in total. The lowest BCUT2D eigenvalue weighted by molar-refractivity contribution is 0.101. The fraction of sp³-hybridized carbons (Fsp3) is 0.222. The molecule has 0 fully saturated rings. The molecule has 0 bridgehead atoms. The van der Waals surface area contributed by atoms with E-state index in [4.69, 9.17) is 0 Å². The van der Waals surface area contributed by atoms with Gasteiger partial charge in [0, 0.05) is 5.56 Å². The molecule has 0 aliphatic rings. The average molecular weight is 389 g/mol. The van der Waals surface area contributed by atoms with Gasteiger partial charge in [0.05, 0.1) is 0 Å². The molecule has 0 aliphatic carbocycles. The van der Waals surface area contributed by atoms with E-state index in [1.54, 1.807) is 13.0 Å². The molecule has 0 aromatic heterocycles. The highest BCUT2D eigenvalue weighted by Crippen LogP contribution is 2.37. The van der Waals surface area contributed by atoms with E-state index in [2.05, 4.69) is 47.8 Å². The van der Waals surface area contributed by atoms with E-state index in [1.807, 2.05) is 0 Å². The molecule has 0 saturated carbocycles. The van der Waals surface area contributed by atoms with Gasteiger partial charge in [0.15, 0.2) is 2.14 Å². The van der Waals surface area contributed by atoms with Crippen molar-refractivity contribution in [3.8, 4) is 0 Å². The second-order valence-electron chi connectivity index (χ2n) is 2.79. The molecule has 1 aromatic rings. The zero-order valence-electron chi connectivity index (χ0n) is 7.15. The average Bonchev–Trinajstić information content (AvgIpc) is 2.06. The summed E-state index contributed by atoms with van der Waals surface area (Å²) in [5.41, 5.74) is 1.08. The third-order valence-corrected chi connectivity index (χ3v) is 2.78. The number of hydrogen-bond donors (Lipinski definition) is 0. The Kier molecular flexibility index (Phi) is 3.88. The zero-order chi connectivity index (χ0) is 10.9. The van der Waals surface area contributed by atoms with E-state index in [0.717, 1.165) is 5.56 Å².